The van der Waals surface area contributed by atoms with E-state index in [-0.39, 0.29) is 27.7 Å². The van der Waals surface area contributed by atoms with Crippen molar-refractivity contribution in [1.29, 1.82) is 0 Å². The van der Waals surface area contributed by atoms with Crippen molar-refractivity contribution in [2.75, 3.05) is 0 Å². The maximum absolute atomic E-state index is 11.5. The number of rotatable bonds is 5. The molecular formula is C12H15N2O5PS. The van der Waals surface area contributed by atoms with E-state index in [2.05, 4.69) is 4.98 Å². The Morgan fingerprint density at radius 2 is 2.19 bits per heavy atom. The van der Waals surface area contributed by atoms with Gasteiger partial charge < -0.3 is 19.9 Å². The van der Waals surface area contributed by atoms with Crippen LogP contribution in [0.5, 0.6) is 0 Å². The van der Waals surface area contributed by atoms with E-state index in [0.717, 1.165) is 11.3 Å². The van der Waals surface area contributed by atoms with Crippen LogP contribution >= 0.6 is 18.9 Å². The summed E-state index contributed by atoms with van der Waals surface area (Å²) in [6, 6.07) is 1.21. The molecule has 0 aromatic carbocycles. The summed E-state index contributed by atoms with van der Waals surface area (Å²) in [6.45, 7) is 3.97. The number of nitrogens with two attached hydrogens (primary N) is 1. The van der Waals surface area contributed by atoms with Crippen LogP contribution in [0.3, 0.4) is 0 Å². The summed E-state index contributed by atoms with van der Waals surface area (Å²) in [5.74, 6) is -0.415. The van der Waals surface area contributed by atoms with Gasteiger partial charge in [0.2, 0.25) is 0 Å². The zero-order valence-corrected chi connectivity index (χ0v) is 13.1. The van der Waals surface area contributed by atoms with Gasteiger partial charge in [-0.2, -0.15) is 0 Å². The molecule has 0 saturated carbocycles. The maximum Gasteiger partial charge on any atom is 0.360 e. The highest BCUT2D eigenvalue weighted by Gasteiger charge is 2.29. The average molecular weight is 330 g/mol. The minimum absolute atomic E-state index is 0.0114. The minimum Gasteiger partial charge on any atom is -0.462 e. The van der Waals surface area contributed by atoms with Crippen LogP contribution in [0.2, 0.25) is 0 Å². The maximum atomic E-state index is 11.5. The van der Waals surface area contributed by atoms with Crippen LogP contribution in [0.15, 0.2) is 16.7 Å². The third-order valence-electron chi connectivity index (χ3n) is 2.68. The second-order valence-electron chi connectivity index (χ2n) is 4.93. The lowest BCUT2D eigenvalue weighted by Crippen LogP contribution is -2.10. The molecule has 0 radical (unpaired) electrons. The van der Waals surface area contributed by atoms with E-state index in [0.29, 0.717) is 11.3 Å². The number of nitrogens with zero attached hydrogens (tertiary/aromatic N) is 1. The van der Waals surface area contributed by atoms with E-state index in [1.807, 2.05) is 13.8 Å². The largest absolute Gasteiger partial charge is 0.462 e. The Morgan fingerprint density at radius 1 is 1.52 bits per heavy atom. The molecule has 2 aromatic heterocycles. The summed E-state index contributed by atoms with van der Waals surface area (Å²) in [4.78, 5) is 34.8. The van der Waals surface area contributed by atoms with E-state index in [4.69, 9.17) is 10.2 Å². The molecule has 2 heterocycles. The number of thiazole rings is 1. The lowest BCUT2D eigenvalue weighted by molar-refractivity contribution is 0.1000. The highest BCUT2D eigenvalue weighted by molar-refractivity contribution is 7.60. The first-order chi connectivity index (χ1) is 9.70. The van der Waals surface area contributed by atoms with Crippen molar-refractivity contribution < 1.29 is 23.6 Å². The van der Waals surface area contributed by atoms with Gasteiger partial charge in [-0.15, -0.1) is 11.3 Å². The predicted molar refractivity (Wildman–Crippen MR) is 78.6 cm³/mol. The molecule has 114 valence electrons. The minimum atomic E-state index is -4.49. The van der Waals surface area contributed by atoms with E-state index < -0.39 is 13.5 Å². The summed E-state index contributed by atoms with van der Waals surface area (Å²) in [5, 5.41) is -0.150. The number of aromatic nitrogens is 1. The van der Waals surface area contributed by atoms with Crippen molar-refractivity contribution in [2.45, 2.75) is 20.3 Å². The van der Waals surface area contributed by atoms with E-state index in [1.54, 1.807) is 0 Å². The van der Waals surface area contributed by atoms with Gasteiger partial charge in [0.25, 0.3) is 5.91 Å². The van der Waals surface area contributed by atoms with Crippen molar-refractivity contribution in [1.82, 2.24) is 4.98 Å². The molecule has 9 heteroatoms. The highest BCUT2D eigenvalue weighted by atomic mass is 32.1. The first-order valence-corrected chi connectivity index (χ1v) is 8.56. The fourth-order valence-corrected chi connectivity index (χ4v) is 3.65. The Morgan fingerprint density at radius 3 is 2.71 bits per heavy atom. The summed E-state index contributed by atoms with van der Waals surface area (Å²) >= 11 is 1.11. The molecule has 0 unspecified atom stereocenters. The van der Waals surface area contributed by atoms with Crippen LogP contribution in [0.1, 0.15) is 28.5 Å². The molecule has 0 fully saturated rings. The van der Waals surface area contributed by atoms with Gasteiger partial charge in [0.15, 0.2) is 10.8 Å². The van der Waals surface area contributed by atoms with Gasteiger partial charge in [0, 0.05) is 4.88 Å². The van der Waals surface area contributed by atoms with Gasteiger partial charge in [0.1, 0.15) is 11.0 Å². The molecular weight excluding hydrogens is 315 g/mol. The van der Waals surface area contributed by atoms with E-state index in [1.165, 1.54) is 12.3 Å². The van der Waals surface area contributed by atoms with Crippen LogP contribution in [0, 0.1) is 5.92 Å². The normalized spacial score (nSPS) is 12.0. The molecule has 0 aliphatic carbocycles. The Bertz CT molecular complexity index is 715. The van der Waals surface area contributed by atoms with Crippen LogP contribution in [0.25, 0.3) is 11.5 Å². The molecule has 21 heavy (non-hydrogen) atoms. The number of furan rings is 1. The quantitative estimate of drug-likeness (QED) is 0.713. The van der Waals surface area contributed by atoms with Gasteiger partial charge in [0.05, 0.1) is 6.26 Å². The second-order valence-corrected chi connectivity index (χ2v) is 7.59. The van der Waals surface area contributed by atoms with Crippen LogP contribution in [-0.4, -0.2) is 20.7 Å². The average Bonchev–Trinajstić information content (AvgIpc) is 2.92. The van der Waals surface area contributed by atoms with E-state index >= 15 is 0 Å². The summed E-state index contributed by atoms with van der Waals surface area (Å²) in [5.41, 5.74) is 5.50. The van der Waals surface area contributed by atoms with E-state index in [9.17, 15) is 19.1 Å². The number of primary amides is 1. The summed E-state index contributed by atoms with van der Waals surface area (Å²) in [7, 11) is -4.49. The number of hydrogen-bond donors (Lipinski definition) is 3. The molecule has 0 saturated heterocycles. The smallest absolute Gasteiger partial charge is 0.360 e. The van der Waals surface area contributed by atoms with Crippen LogP contribution < -0.4 is 11.0 Å². The van der Waals surface area contributed by atoms with Crippen molar-refractivity contribution in [2.24, 2.45) is 11.7 Å². The topological polar surface area (TPSA) is 127 Å². The summed E-state index contributed by atoms with van der Waals surface area (Å²) in [6.07, 6.45) is 1.79. The van der Waals surface area contributed by atoms with Crippen LogP contribution in [-0.2, 0) is 11.0 Å². The molecule has 4 N–H and O–H groups in total. The van der Waals surface area contributed by atoms with Gasteiger partial charge >= 0.3 is 7.60 Å². The number of amides is 1. The third-order valence-corrected chi connectivity index (χ3v) is 4.75. The fraction of sp³-hybridized carbons (Fsp3) is 0.333. The van der Waals surface area contributed by atoms with Gasteiger partial charge in [-0.3, -0.25) is 9.36 Å². The molecule has 2 rings (SSSR count). The molecule has 0 atom stereocenters. The van der Waals surface area contributed by atoms with Crippen molar-refractivity contribution >= 4 is 30.1 Å². The molecule has 2 aromatic rings. The first kappa shape index (κ1) is 15.9. The predicted octanol–water partition coefficient (Wildman–Crippen LogP) is 1.50. The van der Waals surface area contributed by atoms with Gasteiger partial charge in [-0.25, -0.2) is 4.98 Å². The number of carbonyl (C=O) groups is 1. The van der Waals surface area contributed by atoms with Crippen LogP contribution in [0.4, 0.5) is 0 Å². The summed E-state index contributed by atoms with van der Waals surface area (Å²) < 4.78 is 16.7. The third kappa shape index (κ3) is 3.41. The Balaban J connectivity index is 2.60. The number of hydrogen-bond acceptors (Lipinski definition) is 5. The standard InChI is InChI=1S/C12H15N2O5PS/c1-6(2)5-8-9(14-12(21-8)11(13)15)10-7(3-4-19-10)20(16,17)18/h3-4,6H,5H2,1-2H3,(H2,13,15)(H2,16,17,18). The SMILES string of the molecule is CC(C)Cc1sc(C(N)=O)nc1-c1occc1P(=O)(O)O. The molecule has 0 aliphatic heterocycles. The molecule has 0 spiro atoms. The lowest BCUT2D eigenvalue weighted by Gasteiger charge is -2.06. The van der Waals surface area contributed by atoms with Gasteiger partial charge in [-0.05, 0) is 18.4 Å². The van der Waals surface area contributed by atoms with Crippen molar-refractivity contribution in [3.63, 3.8) is 0 Å². The molecule has 0 aliphatic rings. The lowest BCUT2D eigenvalue weighted by atomic mass is 10.1. The molecule has 1 amide bonds. The Hall–Kier alpha value is -1.47. The highest BCUT2D eigenvalue weighted by Crippen LogP contribution is 2.40. The van der Waals surface area contributed by atoms with Crippen molar-refractivity contribution in [3.05, 3.63) is 22.2 Å². The fourth-order valence-electron chi connectivity index (χ4n) is 1.85. The molecule has 0 bridgehead atoms. The Labute approximate surface area is 125 Å². The number of carbonyl (C=O) groups excluding carboxylic acids is 1. The van der Waals surface area contributed by atoms with Gasteiger partial charge in [-0.1, -0.05) is 13.8 Å². The zero-order chi connectivity index (χ0) is 15.8. The first-order valence-electron chi connectivity index (χ1n) is 6.13. The molecule has 7 nitrogen and oxygen atoms in total. The Kier molecular flexibility index (Phi) is 4.34. The zero-order valence-electron chi connectivity index (χ0n) is 11.4. The van der Waals surface area contributed by atoms with Crippen molar-refractivity contribution in [3.8, 4) is 11.5 Å². The monoisotopic (exact) mass is 330 g/mol. The second kappa shape index (κ2) is 5.73.